The van der Waals surface area contributed by atoms with Gasteiger partial charge in [0.15, 0.2) is 5.96 Å². The predicted octanol–water partition coefficient (Wildman–Crippen LogP) is 3.13. The van der Waals surface area contributed by atoms with Crippen molar-refractivity contribution in [1.82, 2.24) is 20.5 Å². The summed E-state index contributed by atoms with van der Waals surface area (Å²) in [7, 11) is 1.85. The Morgan fingerprint density at radius 3 is 2.81 bits per heavy atom. The lowest BCUT2D eigenvalue weighted by Crippen LogP contribution is -2.43. The molecule has 3 heterocycles. The normalized spacial score (nSPS) is 16.8. The molecule has 0 saturated carbocycles. The van der Waals surface area contributed by atoms with Crippen LogP contribution in [-0.2, 0) is 13.0 Å². The minimum Gasteiger partial charge on any atom is -0.356 e. The van der Waals surface area contributed by atoms with Crippen LogP contribution in [0.3, 0.4) is 0 Å². The highest BCUT2D eigenvalue weighted by Gasteiger charge is 2.20. The van der Waals surface area contributed by atoms with E-state index >= 15 is 0 Å². The number of rotatable bonds is 7. The predicted molar refractivity (Wildman–Crippen MR) is 112 cm³/mol. The Kier molecular flexibility index (Phi) is 7.46. The number of piperidine rings is 1. The van der Waals surface area contributed by atoms with Gasteiger partial charge < -0.3 is 10.6 Å². The molecule has 2 aromatic rings. The molecule has 2 aromatic heterocycles. The van der Waals surface area contributed by atoms with Crippen LogP contribution in [0.4, 0.5) is 0 Å². The largest absolute Gasteiger partial charge is 0.356 e. The van der Waals surface area contributed by atoms with Gasteiger partial charge in [-0.3, -0.25) is 9.89 Å². The molecule has 0 aliphatic carbocycles. The van der Waals surface area contributed by atoms with Crippen LogP contribution in [0, 0.1) is 12.8 Å². The van der Waals surface area contributed by atoms with Crippen LogP contribution >= 0.6 is 22.7 Å². The Balaban J connectivity index is 1.32. The van der Waals surface area contributed by atoms with Crippen molar-refractivity contribution >= 4 is 28.6 Å². The maximum atomic E-state index is 4.58. The summed E-state index contributed by atoms with van der Waals surface area (Å²) in [6.07, 6.45) is 3.53. The van der Waals surface area contributed by atoms with Gasteiger partial charge in [-0.1, -0.05) is 6.07 Å². The lowest BCUT2D eigenvalue weighted by Gasteiger charge is -2.31. The molecule has 7 heteroatoms. The first kappa shape index (κ1) is 19.3. The number of nitrogens with zero attached hydrogens (tertiary/aromatic N) is 3. The van der Waals surface area contributed by atoms with Crippen molar-refractivity contribution in [2.45, 2.75) is 32.7 Å². The van der Waals surface area contributed by atoms with Gasteiger partial charge in [0.05, 0.1) is 10.7 Å². The Hall–Kier alpha value is -1.44. The zero-order valence-electron chi connectivity index (χ0n) is 15.7. The van der Waals surface area contributed by atoms with Crippen molar-refractivity contribution < 1.29 is 0 Å². The average Bonchev–Trinajstić information content (AvgIpc) is 3.31. The van der Waals surface area contributed by atoms with E-state index in [9.17, 15) is 0 Å². The quantitative estimate of drug-likeness (QED) is 0.562. The van der Waals surface area contributed by atoms with E-state index in [1.807, 2.05) is 18.4 Å². The number of thiazole rings is 1. The first-order valence-corrected chi connectivity index (χ1v) is 11.1. The molecule has 2 N–H and O–H groups in total. The number of likely N-dealkylation sites (tertiary alicyclic amines) is 1. The number of nitrogens with one attached hydrogen (secondary N) is 2. The van der Waals surface area contributed by atoms with Crippen LogP contribution in [0.1, 0.15) is 28.4 Å². The van der Waals surface area contributed by atoms with Crippen molar-refractivity contribution in [3.05, 3.63) is 38.5 Å². The Labute approximate surface area is 164 Å². The summed E-state index contributed by atoms with van der Waals surface area (Å²) in [6.45, 7) is 7.32. The van der Waals surface area contributed by atoms with E-state index in [4.69, 9.17) is 0 Å². The zero-order chi connectivity index (χ0) is 18.2. The summed E-state index contributed by atoms with van der Waals surface area (Å²) >= 11 is 3.56. The molecule has 0 unspecified atom stereocenters. The fourth-order valence-corrected chi connectivity index (χ4v) is 4.59. The van der Waals surface area contributed by atoms with Gasteiger partial charge in [0.2, 0.25) is 0 Å². The van der Waals surface area contributed by atoms with E-state index in [0.717, 1.165) is 56.0 Å². The minimum absolute atomic E-state index is 0.722. The number of thiophene rings is 1. The second-order valence-corrected chi connectivity index (χ2v) is 8.88. The van der Waals surface area contributed by atoms with Gasteiger partial charge >= 0.3 is 0 Å². The SMILES string of the molecule is CN=C(NCCc1cccs1)NCC1CCN(Cc2csc(C)n2)CC1. The lowest BCUT2D eigenvalue weighted by molar-refractivity contribution is 0.176. The van der Waals surface area contributed by atoms with E-state index < -0.39 is 0 Å². The van der Waals surface area contributed by atoms with E-state index in [1.165, 1.54) is 23.4 Å². The van der Waals surface area contributed by atoms with Crippen LogP contribution in [0.2, 0.25) is 0 Å². The van der Waals surface area contributed by atoms with Gasteiger partial charge in [-0.2, -0.15) is 0 Å². The monoisotopic (exact) mass is 391 g/mol. The van der Waals surface area contributed by atoms with E-state index in [0.29, 0.717) is 0 Å². The van der Waals surface area contributed by atoms with Gasteiger partial charge in [-0.25, -0.2) is 4.98 Å². The van der Waals surface area contributed by atoms with Crippen molar-refractivity contribution in [2.24, 2.45) is 10.9 Å². The fourth-order valence-electron chi connectivity index (χ4n) is 3.28. The van der Waals surface area contributed by atoms with Gasteiger partial charge in [-0.15, -0.1) is 22.7 Å². The number of hydrogen-bond acceptors (Lipinski definition) is 5. The fraction of sp³-hybridized carbons (Fsp3) is 0.579. The van der Waals surface area contributed by atoms with Crippen molar-refractivity contribution in [1.29, 1.82) is 0 Å². The Bertz CT molecular complexity index is 672. The van der Waals surface area contributed by atoms with Crippen LogP contribution in [-0.4, -0.2) is 49.1 Å². The van der Waals surface area contributed by atoms with Crippen LogP contribution in [0.5, 0.6) is 0 Å². The molecular weight excluding hydrogens is 362 g/mol. The van der Waals surface area contributed by atoms with Gasteiger partial charge in [0.1, 0.15) is 0 Å². The maximum absolute atomic E-state index is 4.58. The molecule has 1 saturated heterocycles. The molecule has 26 heavy (non-hydrogen) atoms. The first-order valence-electron chi connectivity index (χ1n) is 9.33. The molecule has 3 rings (SSSR count). The third-order valence-corrected chi connectivity index (χ3v) is 6.54. The molecule has 5 nitrogen and oxygen atoms in total. The van der Waals surface area contributed by atoms with Crippen LogP contribution in [0.25, 0.3) is 0 Å². The van der Waals surface area contributed by atoms with Crippen molar-refractivity contribution in [3.8, 4) is 0 Å². The first-order chi connectivity index (χ1) is 12.7. The highest BCUT2D eigenvalue weighted by atomic mass is 32.1. The summed E-state index contributed by atoms with van der Waals surface area (Å²) in [5.74, 6) is 1.64. The van der Waals surface area contributed by atoms with E-state index in [2.05, 4.69) is 55.3 Å². The van der Waals surface area contributed by atoms with E-state index in [-0.39, 0.29) is 0 Å². The molecule has 0 bridgehead atoms. The number of guanidine groups is 1. The van der Waals surface area contributed by atoms with Crippen molar-refractivity contribution in [3.63, 3.8) is 0 Å². The number of aryl methyl sites for hydroxylation is 1. The van der Waals surface area contributed by atoms with Crippen LogP contribution < -0.4 is 10.6 Å². The van der Waals surface area contributed by atoms with Gasteiger partial charge in [0.25, 0.3) is 0 Å². The number of aromatic nitrogens is 1. The minimum atomic E-state index is 0.722. The zero-order valence-corrected chi connectivity index (χ0v) is 17.3. The molecular formula is C19H29N5S2. The lowest BCUT2D eigenvalue weighted by atomic mass is 9.97. The second kappa shape index (κ2) is 10.0. The summed E-state index contributed by atoms with van der Waals surface area (Å²) in [5, 5.41) is 12.4. The molecule has 1 aliphatic rings. The standard InChI is InChI=1S/C19H29N5S2/c1-15-23-17(14-26-15)13-24-9-6-16(7-10-24)12-22-19(20-2)21-8-5-18-4-3-11-25-18/h3-4,11,14,16H,5-10,12-13H2,1-2H3,(H2,20,21,22). The summed E-state index contributed by atoms with van der Waals surface area (Å²) < 4.78 is 0. The third-order valence-electron chi connectivity index (χ3n) is 4.79. The second-order valence-electron chi connectivity index (χ2n) is 6.79. The molecule has 0 radical (unpaired) electrons. The molecule has 0 aromatic carbocycles. The van der Waals surface area contributed by atoms with Gasteiger partial charge in [-0.05, 0) is 56.6 Å². The Morgan fingerprint density at radius 1 is 1.31 bits per heavy atom. The maximum Gasteiger partial charge on any atom is 0.190 e. The van der Waals surface area contributed by atoms with Gasteiger partial charge in [0, 0.05) is 36.9 Å². The summed E-state index contributed by atoms with van der Waals surface area (Å²) in [4.78, 5) is 12.9. The molecule has 0 amide bonds. The van der Waals surface area contributed by atoms with E-state index in [1.54, 1.807) is 11.3 Å². The summed E-state index contributed by atoms with van der Waals surface area (Å²) in [6, 6.07) is 4.29. The third kappa shape index (κ3) is 6.07. The van der Waals surface area contributed by atoms with Crippen molar-refractivity contribution in [2.75, 3.05) is 33.2 Å². The highest BCUT2D eigenvalue weighted by Crippen LogP contribution is 2.19. The number of hydrogen-bond donors (Lipinski definition) is 2. The smallest absolute Gasteiger partial charge is 0.190 e. The average molecular weight is 392 g/mol. The molecule has 1 aliphatic heterocycles. The molecule has 1 fully saturated rings. The molecule has 142 valence electrons. The molecule has 0 spiro atoms. The molecule has 0 atom stereocenters. The highest BCUT2D eigenvalue weighted by molar-refractivity contribution is 7.10. The number of aliphatic imine (C=N–C) groups is 1. The van der Waals surface area contributed by atoms with Crippen LogP contribution in [0.15, 0.2) is 27.9 Å². The summed E-state index contributed by atoms with van der Waals surface area (Å²) in [5.41, 5.74) is 1.22. The Morgan fingerprint density at radius 2 is 2.15 bits per heavy atom. The topological polar surface area (TPSA) is 52.6 Å².